The van der Waals surface area contributed by atoms with Crippen LogP contribution < -0.4 is 10.2 Å². The third-order valence-electron chi connectivity index (χ3n) is 3.99. The fourth-order valence-corrected chi connectivity index (χ4v) is 3.49. The fourth-order valence-electron chi connectivity index (χ4n) is 2.68. The van der Waals surface area contributed by atoms with Gasteiger partial charge in [0.05, 0.1) is 31.3 Å². The van der Waals surface area contributed by atoms with Gasteiger partial charge in [-0.05, 0) is 26.0 Å². The maximum atomic E-state index is 12.2. The van der Waals surface area contributed by atoms with Crippen LogP contribution in [0, 0.1) is 0 Å². The van der Waals surface area contributed by atoms with Crippen molar-refractivity contribution in [2.75, 3.05) is 37.0 Å². The molecule has 1 aliphatic heterocycles. The highest BCUT2D eigenvalue weighted by atomic mass is 32.2. The first-order valence-corrected chi connectivity index (χ1v) is 9.39. The Bertz CT molecular complexity index is 682. The second-order valence-corrected chi connectivity index (χ2v) is 6.66. The minimum absolute atomic E-state index is 0.0625. The number of ether oxygens (including phenoxy) is 1. The summed E-state index contributed by atoms with van der Waals surface area (Å²) >= 11 is 1.39. The van der Waals surface area contributed by atoms with E-state index in [1.807, 2.05) is 23.6 Å². The van der Waals surface area contributed by atoms with Gasteiger partial charge in [-0.15, -0.1) is 10.2 Å². The van der Waals surface area contributed by atoms with Gasteiger partial charge in [0.2, 0.25) is 11.9 Å². The van der Waals surface area contributed by atoms with E-state index in [0.717, 1.165) is 36.5 Å². The average Bonchev–Trinajstić information content (AvgIpc) is 3.30. The number of nitrogens with zero attached hydrogens (tertiary/aromatic N) is 4. The molecule has 136 valence electrons. The number of hydrogen-bond acceptors (Lipinski definition) is 7. The molecule has 3 heterocycles. The highest BCUT2D eigenvalue weighted by Crippen LogP contribution is 2.23. The zero-order chi connectivity index (χ0) is 17.6. The van der Waals surface area contributed by atoms with Gasteiger partial charge >= 0.3 is 0 Å². The largest absolute Gasteiger partial charge is 0.467 e. The van der Waals surface area contributed by atoms with Crippen LogP contribution in [0.4, 0.5) is 5.95 Å². The molecule has 0 aromatic carbocycles. The van der Waals surface area contributed by atoms with Gasteiger partial charge in [-0.1, -0.05) is 11.8 Å². The zero-order valence-electron chi connectivity index (χ0n) is 14.5. The lowest BCUT2D eigenvalue weighted by molar-refractivity contribution is -0.119. The van der Waals surface area contributed by atoms with Gasteiger partial charge in [0, 0.05) is 19.6 Å². The molecular formula is C16H23N5O3S. The van der Waals surface area contributed by atoms with Gasteiger partial charge in [-0.25, -0.2) is 0 Å². The van der Waals surface area contributed by atoms with Crippen LogP contribution in [0.5, 0.6) is 0 Å². The van der Waals surface area contributed by atoms with Crippen molar-refractivity contribution in [3.63, 3.8) is 0 Å². The standard InChI is InChI=1S/C16H23N5O3S/c1-3-21-15(20-6-9-23-10-7-20)18-19-16(21)25-11-14(22)17-12(2)13-5-4-8-24-13/h4-5,8,12H,3,6-7,9-11H2,1-2H3,(H,17,22)/t12-/m1/s1. The predicted molar refractivity (Wildman–Crippen MR) is 94.7 cm³/mol. The summed E-state index contributed by atoms with van der Waals surface area (Å²) in [6.07, 6.45) is 1.60. The molecule has 2 aromatic heterocycles. The number of thioether (sulfide) groups is 1. The molecule has 0 spiro atoms. The summed E-state index contributed by atoms with van der Waals surface area (Å²) in [6.45, 7) is 7.72. The van der Waals surface area contributed by atoms with E-state index >= 15 is 0 Å². The molecule has 0 aliphatic carbocycles. The first-order chi connectivity index (χ1) is 12.2. The van der Waals surface area contributed by atoms with Crippen molar-refractivity contribution in [3.8, 4) is 0 Å². The average molecular weight is 365 g/mol. The van der Waals surface area contributed by atoms with Crippen LogP contribution in [0.2, 0.25) is 0 Å². The van der Waals surface area contributed by atoms with Crippen molar-refractivity contribution in [2.45, 2.75) is 31.6 Å². The highest BCUT2D eigenvalue weighted by Gasteiger charge is 2.20. The van der Waals surface area contributed by atoms with Gasteiger partial charge < -0.3 is 19.4 Å². The summed E-state index contributed by atoms with van der Waals surface area (Å²) < 4.78 is 12.7. The number of hydrogen-bond donors (Lipinski definition) is 1. The molecule has 0 unspecified atom stereocenters. The van der Waals surface area contributed by atoms with E-state index in [-0.39, 0.29) is 17.7 Å². The Hall–Kier alpha value is -2.00. The maximum absolute atomic E-state index is 12.2. The molecule has 1 amide bonds. The summed E-state index contributed by atoms with van der Waals surface area (Å²) in [5.41, 5.74) is 0. The van der Waals surface area contributed by atoms with Crippen molar-refractivity contribution in [3.05, 3.63) is 24.2 Å². The van der Waals surface area contributed by atoms with E-state index in [9.17, 15) is 4.79 Å². The Kier molecular flexibility index (Phi) is 5.98. The molecule has 1 aliphatic rings. The Labute approximate surface area is 150 Å². The molecule has 1 N–H and O–H groups in total. The minimum atomic E-state index is -0.156. The molecule has 1 saturated heterocycles. The van der Waals surface area contributed by atoms with E-state index in [0.29, 0.717) is 13.2 Å². The number of aromatic nitrogens is 3. The summed E-state index contributed by atoms with van der Waals surface area (Å²) in [4.78, 5) is 14.3. The van der Waals surface area contributed by atoms with Crippen molar-refractivity contribution in [1.29, 1.82) is 0 Å². The molecule has 1 fully saturated rings. The SMILES string of the molecule is CCn1c(SCC(=O)N[C@H](C)c2ccco2)nnc1N1CCOCC1. The number of carbonyl (C=O) groups excluding carboxylic acids is 1. The lowest BCUT2D eigenvalue weighted by atomic mass is 10.2. The van der Waals surface area contributed by atoms with E-state index in [2.05, 4.69) is 27.3 Å². The van der Waals surface area contributed by atoms with Crippen molar-refractivity contribution in [1.82, 2.24) is 20.1 Å². The van der Waals surface area contributed by atoms with Crippen LogP contribution in [-0.4, -0.2) is 52.7 Å². The number of carbonyl (C=O) groups is 1. The summed E-state index contributed by atoms with van der Waals surface area (Å²) in [5, 5.41) is 12.2. The third kappa shape index (κ3) is 4.35. The van der Waals surface area contributed by atoms with Gasteiger partial charge in [-0.2, -0.15) is 0 Å². The summed E-state index contributed by atoms with van der Waals surface area (Å²) in [5.74, 6) is 1.81. The smallest absolute Gasteiger partial charge is 0.231 e. The lowest BCUT2D eigenvalue weighted by Gasteiger charge is -2.27. The quantitative estimate of drug-likeness (QED) is 0.748. The van der Waals surface area contributed by atoms with E-state index in [1.54, 1.807) is 6.26 Å². The molecule has 1 atom stereocenters. The van der Waals surface area contributed by atoms with Gasteiger partial charge in [0.15, 0.2) is 5.16 Å². The van der Waals surface area contributed by atoms with E-state index < -0.39 is 0 Å². The Balaban J connectivity index is 1.57. The third-order valence-corrected chi connectivity index (χ3v) is 4.95. The number of furan rings is 1. The number of morpholine rings is 1. The second kappa shape index (κ2) is 8.39. The Morgan fingerprint density at radius 3 is 2.88 bits per heavy atom. The number of rotatable bonds is 7. The van der Waals surface area contributed by atoms with Crippen LogP contribution in [-0.2, 0) is 16.1 Å². The van der Waals surface area contributed by atoms with E-state index in [1.165, 1.54) is 11.8 Å². The Morgan fingerprint density at radius 2 is 2.20 bits per heavy atom. The van der Waals surface area contributed by atoms with Crippen LogP contribution in [0.3, 0.4) is 0 Å². The van der Waals surface area contributed by atoms with Crippen molar-refractivity contribution < 1.29 is 13.9 Å². The van der Waals surface area contributed by atoms with Crippen LogP contribution in [0.15, 0.2) is 28.0 Å². The fraction of sp³-hybridized carbons (Fsp3) is 0.562. The molecule has 0 radical (unpaired) electrons. The van der Waals surface area contributed by atoms with Crippen LogP contribution >= 0.6 is 11.8 Å². The summed E-state index contributed by atoms with van der Waals surface area (Å²) in [7, 11) is 0. The molecule has 25 heavy (non-hydrogen) atoms. The Morgan fingerprint density at radius 1 is 1.40 bits per heavy atom. The van der Waals surface area contributed by atoms with Gasteiger partial charge in [0.25, 0.3) is 0 Å². The topological polar surface area (TPSA) is 85.4 Å². The molecule has 3 rings (SSSR count). The molecule has 2 aromatic rings. The van der Waals surface area contributed by atoms with E-state index in [4.69, 9.17) is 9.15 Å². The normalized spacial score (nSPS) is 16.0. The molecule has 8 nitrogen and oxygen atoms in total. The first-order valence-electron chi connectivity index (χ1n) is 8.40. The number of anilines is 1. The molecule has 0 saturated carbocycles. The maximum Gasteiger partial charge on any atom is 0.231 e. The summed E-state index contributed by atoms with van der Waals surface area (Å²) in [6, 6.07) is 3.50. The molecule has 9 heteroatoms. The molecular weight excluding hydrogens is 342 g/mol. The second-order valence-electron chi connectivity index (χ2n) is 5.72. The monoisotopic (exact) mass is 365 g/mol. The van der Waals surface area contributed by atoms with Gasteiger partial charge in [-0.3, -0.25) is 9.36 Å². The van der Waals surface area contributed by atoms with Crippen molar-refractivity contribution >= 4 is 23.6 Å². The number of nitrogens with one attached hydrogen (secondary N) is 1. The highest BCUT2D eigenvalue weighted by molar-refractivity contribution is 7.99. The zero-order valence-corrected chi connectivity index (χ0v) is 15.3. The molecule has 0 bridgehead atoms. The number of amides is 1. The van der Waals surface area contributed by atoms with Crippen LogP contribution in [0.25, 0.3) is 0 Å². The lowest BCUT2D eigenvalue weighted by Crippen LogP contribution is -2.38. The van der Waals surface area contributed by atoms with Crippen LogP contribution in [0.1, 0.15) is 25.6 Å². The predicted octanol–water partition coefficient (Wildman–Crippen LogP) is 1.70. The first kappa shape index (κ1) is 17.8. The van der Waals surface area contributed by atoms with Crippen molar-refractivity contribution in [2.24, 2.45) is 0 Å². The minimum Gasteiger partial charge on any atom is -0.467 e. The van der Waals surface area contributed by atoms with Gasteiger partial charge in [0.1, 0.15) is 5.76 Å².